The molecule has 1 heterocycles. The second-order valence-electron chi connectivity index (χ2n) is 6.46. The van der Waals surface area contributed by atoms with E-state index in [2.05, 4.69) is 24.0 Å². The van der Waals surface area contributed by atoms with E-state index in [1.807, 2.05) is 13.8 Å². The average Bonchev–Trinajstić information content (AvgIpc) is 2.62. The first-order valence-corrected chi connectivity index (χ1v) is 6.93. The fourth-order valence-corrected chi connectivity index (χ4v) is 3.23. The molecule has 0 spiro atoms. The first kappa shape index (κ1) is 13.5. The Hall–Kier alpha value is -0.900. The Balaban J connectivity index is 2.06. The van der Waals surface area contributed by atoms with Gasteiger partial charge in [0.15, 0.2) is 5.82 Å². The van der Waals surface area contributed by atoms with Crippen molar-refractivity contribution >= 4 is 0 Å². The molecule has 1 aromatic rings. The summed E-state index contributed by atoms with van der Waals surface area (Å²) >= 11 is 0. The van der Waals surface area contributed by atoms with E-state index in [0.29, 0.717) is 24.1 Å². The molecule has 0 aliphatic heterocycles. The summed E-state index contributed by atoms with van der Waals surface area (Å²) in [7, 11) is 0. The molecule has 1 aliphatic carbocycles. The van der Waals surface area contributed by atoms with E-state index in [9.17, 15) is 5.11 Å². The molecule has 0 bridgehead atoms. The third-order valence-electron chi connectivity index (χ3n) is 3.74. The van der Waals surface area contributed by atoms with Crippen LogP contribution in [-0.2, 0) is 6.42 Å². The first-order valence-electron chi connectivity index (χ1n) is 6.93. The highest BCUT2D eigenvalue weighted by atomic mass is 16.5. The number of hydrogen-bond donors (Lipinski definition) is 1. The minimum atomic E-state index is -0.669. The number of hydrogen-bond acceptors (Lipinski definition) is 4. The molecular formula is C14H24N2O2. The zero-order valence-corrected chi connectivity index (χ0v) is 11.8. The Bertz CT molecular complexity index is 390. The predicted molar refractivity (Wildman–Crippen MR) is 69.2 cm³/mol. The molecule has 0 aromatic carbocycles. The molecule has 1 saturated carbocycles. The smallest absolute Gasteiger partial charge is 0.229 e. The van der Waals surface area contributed by atoms with Crippen LogP contribution in [0.4, 0.5) is 0 Å². The van der Waals surface area contributed by atoms with E-state index < -0.39 is 5.60 Å². The standard InChI is InChI=1S/C14H24N2O2/c1-9(2)13-15-12(18-16-13)8-14(17)6-10(3)5-11(4)7-14/h9-11,17H,5-8H2,1-4H3/t10-,11-/m1/s1. The number of rotatable bonds is 3. The van der Waals surface area contributed by atoms with Gasteiger partial charge in [-0.2, -0.15) is 4.98 Å². The van der Waals surface area contributed by atoms with Gasteiger partial charge in [0.1, 0.15) is 0 Å². The van der Waals surface area contributed by atoms with Gasteiger partial charge in [0.25, 0.3) is 0 Å². The van der Waals surface area contributed by atoms with Crippen LogP contribution in [0, 0.1) is 11.8 Å². The van der Waals surface area contributed by atoms with Gasteiger partial charge < -0.3 is 9.63 Å². The molecule has 1 fully saturated rings. The molecule has 2 atom stereocenters. The van der Waals surface area contributed by atoms with E-state index in [1.165, 1.54) is 6.42 Å². The molecule has 1 aromatic heterocycles. The minimum absolute atomic E-state index is 0.265. The molecule has 102 valence electrons. The predicted octanol–water partition coefficient (Wildman–Crippen LogP) is 2.92. The van der Waals surface area contributed by atoms with Gasteiger partial charge in [0, 0.05) is 5.92 Å². The van der Waals surface area contributed by atoms with Gasteiger partial charge in [-0.05, 0) is 31.1 Å². The van der Waals surface area contributed by atoms with Crippen LogP contribution in [0.25, 0.3) is 0 Å². The zero-order chi connectivity index (χ0) is 13.3. The Morgan fingerprint density at radius 2 is 1.94 bits per heavy atom. The number of nitrogens with zero attached hydrogens (tertiary/aromatic N) is 2. The van der Waals surface area contributed by atoms with Crippen molar-refractivity contribution in [3.8, 4) is 0 Å². The summed E-state index contributed by atoms with van der Waals surface area (Å²) < 4.78 is 5.24. The zero-order valence-electron chi connectivity index (χ0n) is 11.8. The molecule has 0 unspecified atom stereocenters. The maximum absolute atomic E-state index is 10.7. The maximum Gasteiger partial charge on any atom is 0.229 e. The van der Waals surface area contributed by atoms with Crippen molar-refractivity contribution in [3.05, 3.63) is 11.7 Å². The molecule has 1 aliphatic rings. The van der Waals surface area contributed by atoms with Crippen molar-refractivity contribution in [2.45, 2.75) is 64.9 Å². The molecule has 18 heavy (non-hydrogen) atoms. The fourth-order valence-electron chi connectivity index (χ4n) is 3.23. The summed E-state index contributed by atoms with van der Waals surface area (Å²) in [5, 5.41) is 14.6. The van der Waals surface area contributed by atoms with Crippen LogP contribution in [0.2, 0.25) is 0 Å². The highest BCUT2D eigenvalue weighted by molar-refractivity contribution is 4.98. The number of aromatic nitrogens is 2. The quantitative estimate of drug-likeness (QED) is 0.898. The third-order valence-corrected chi connectivity index (χ3v) is 3.74. The van der Waals surface area contributed by atoms with Crippen molar-refractivity contribution in [2.24, 2.45) is 11.8 Å². The van der Waals surface area contributed by atoms with Crippen molar-refractivity contribution in [1.82, 2.24) is 10.1 Å². The van der Waals surface area contributed by atoms with Crippen LogP contribution in [0.1, 0.15) is 64.6 Å². The van der Waals surface area contributed by atoms with Gasteiger partial charge in [0.05, 0.1) is 12.0 Å². The monoisotopic (exact) mass is 252 g/mol. The highest BCUT2D eigenvalue weighted by Gasteiger charge is 2.37. The van der Waals surface area contributed by atoms with Crippen LogP contribution in [0.3, 0.4) is 0 Å². The minimum Gasteiger partial charge on any atom is -0.389 e. The lowest BCUT2D eigenvalue weighted by molar-refractivity contribution is -0.0355. The van der Waals surface area contributed by atoms with E-state index in [4.69, 9.17) is 4.52 Å². The molecule has 4 heteroatoms. The highest BCUT2D eigenvalue weighted by Crippen LogP contribution is 2.37. The molecule has 0 amide bonds. The second kappa shape index (κ2) is 5.00. The SMILES string of the molecule is CC(C)c1noc(CC2(O)C[C@H](C)C[C@@H](C)C2)n1. The summed E-state index contributed by atoms with van der Waals surface area (Å²) in [4.78, 5) is 4.36. The summed E-state index contributed by atoms with van der Waals surface area (Å²) in [6.45, 7) is 8.48. The summed E-state index contributed by atoms with van der Waals surface area (Å²) in [5.74, 6) is 2.69. The van der Waals surface area contributed by atoms with Crippen molar-refractivity contribution in [3.63, 3.8) is 0 Å². The van der Waals surface area contributed by atoms with Gasteiger partial charge in [-0.3, -0.25) is 0 Å². The van der Waals surface area contributed by atoms with E-state index >= 15 is 0 Å². The third kappa shape index (κ3) is 3.10. The van der Waals surface area contributed by atoms with E-state index in [-0.39, 0.29) is 5.92 Å². The van der Waals surface area contributed by atoms with Crippen molar-refractivity contribution < 1.29 is 9.63 Å². The molecule has 4 nitrogen and oxygen atoms in total. The Labute approximate surface area is 109 Å². The largest absolute Gasteiger partial charge is 0.389 e. The Kier molecular flexibility index (Phi) is 3.76. The second-order valence-corrected chi connectivity index (χ2v) is 6.46. The summed E-state index contributed by atoms with van der Waals surface area (Å²) in [6.07, 6.45) is 3.35. The summed E-state index contributed by atoms with van der Waals surface area (Å²) in [6, 6.07) is 0. The maximum atomic E-state index is 10.7. The lowest BCUT2D eigenvalue weighted by Crippen LogP contribution is -2.39. The fraction of sp³-hybridized carbons (Fsp3) is 0.857. The molecule has 2 rings (SSSR count). The van der Waals surface area contributed by atoms with E-state index in [0.717, 1.165) is 18.7 Å². The number of aliphatic hydroxyl groups is 1. The first-order chi connectivity index (χ1) is 8.38. The molecule has 1 N–H and O–H groups in total. The van der Waals surface area contributed by atoms with Gasteiger partial charge >= 0.3 is 0 Å². The van der Waals surface area contributed by atoms with Crippen LogP contribution < -0.4 is 0 Å². The van der Waals surface area contributed by atoms with Gasteiger partial charge in [-0.25, -0.2) is 0 Å². The molecule has 0 radical (unpaired) electrons. The normalized spacial score (nSPS) is 33.0. The van der Waals surface area contributed by atoms with Crippen LogP contribution >= 0.6 is 0 Å². The lowest BCUT2D eigenvalue weighted by atomic mass is 9.72. The van der Waals surface area contributed by atoms with Crippen LogP contribution in [-0.4, -0.2) is 20.8 Å². The Morgan fingerprint density at radius 1 is 1.33 bits per heavy atom. The Morgan fingerprint density at radius 3 is 2.44 bits per heavy atom. The average molecular weight is 252 g/mol. The van der Waals surface area contributed by atoms with Crippen LogP contribution in [0.5, 0.6) is 0 Å². The van der Waals surface area contributed by atoms with Crippen molar-refractivity contribution in [1.29, 1.82) is 0 Å². The van der Waals surface area contributed by atoms with Crippen LogP contribution in [0.15, 0.2) is 4.52 Å². The summed E-state index contributed by atoms with van der Waals surface area (Å²) in [5.41, 5.74) is -0.669. The molecular weight excluding hydrogens is 228 g/mol. The molecule has 0 saturated heterocycles. The van der Waals surface area contributed by atoms with Gasteiger partial charge in [0.2, 0.25) is 5.89 Å². The van der Waals surface area contributed by atoms with Gasteiger partial charge in [-0.15, -0.1) is 0 Å². The van der Waals surface area contributed by atoms with Crippen molar-refractivity contribution in [2.75, 3.05) is 0 Å². The lowest BCUT2D eigenvalue weighted by Gasteiger charge is -2.38. The topological polar surface area (TPSA) is 59.2 Å². The van der Waals surface area contributed by atoms with Gasteiger partial charge in [-0.1, -0.05) is 32.9 Å². The van der Waals surface area contributed by atoms with E-state index in [1.54, 1.807) is 0 Å².